The highest BCUT2D eigenvalue weighted by Crippen LogP contribution is 2.35. The number of hydrogen-bond acceptors (Lipinski definition) is 3. The van der Waals surface area contributed by atoms with E-state index < -0.39 is 0 Å². The van der Waals surface area contributed by atoms with E-state index in [0.29, 0.717) is 24.4 Å². The standard InChI is InChI=1S/C25H33N3O2/c1-20(22-12-13-22)28(18-21-8-4-3-5-9-21)25(29)19-26-14-16-27(17-15-26)23-10-6-7-11-24(23)30-2/h3-11,20,22H,12-19H2,1-2H3/p+1/t20-/m1/s1. The molecule has 30 heavy (non-hydrogen) atoms. The Morgan fingerprint density at radius 2 is 1.77 bits per heavy atom. The lowest BCUT2D eigenvalue weighted by atomic mass is 10.1. The number of para-hydroxylation sites is 2. The lowest BCUT2D eigenvalue weighted by Crippen LogP contribution is -3.16. The Kier molecular flexibility index (Phi) is 6.58. The Labute approximate surface area is 180 Å². The summed E-state index contributed by atoms with van der Waals surface area (Å²) in [7, 11) is 1.72. The molecule has 0 spiro atoms. The van der Waals surface area contributed by atoms with Crippen molar-refractivity contribution in [3.63, 3.8) is 0 Å². The molecule has 1 N–H and O–H groups in total. The first-order chi connectivity index (χ1) is 14.7. The first kappa shape index (κ1) is 20.7. The molecule has 1 heterocycles. The fourth-order valence-corrected chi connectivity index (χ4v) is 4.52. The number of piperazine rings is 1. The lowest BCUT2D eigenvalue weighted by molar-refractivity contribution is -0.892. The smallest absolute Gasteiger partial charge is 0.278 e. The molecule has 4 rings (SSSR count). The average molecular weight is 409 g/mol. The van der Waals surface area contributed by atoms with Crippen LogP contribution < -0.4 is 14.5 Å². The van der Waals surface area contributed by atoms with Gasteiger partial charge in [0.2, 0.25) is 0 Å². The lowest BCUT2D eigenvalue weighted by Gasteiger charge is -2.36. The highest BCUT2D eigenvalue weighted by atomic mass is 16.5. The van der Waals surface area contributed by atoms with Crippen molar-refractivity contribution in [3.05, 3.63) is 60.2 Å². The Morgan fingerprint density at radius 1 is 1.10 bits per heavy atom. The highest BCUT2D eigenvalue weighted by Gasteiger charge is 2.35. The number of amides is 1. The van der Waals surface area contributed by atoms with E-state index in [4.69, 9.17) is 4.74 Å². The predicted octanol–water partition coefficient (Wildman–Crippen LogP) is 2.23. The molecule has 1 saturated heterocycles. The summed E-state index contributed by atoms with van der Waals surface area (Å²) < 4.78 is 5.52. The van der Waals surface area contributed by atoms with E-state index in [1.807, 2.05) is 18.2 Å². The van der Waals surface area contributed by atoms with Gasteiger partial charge in [0.25, 0.3) is 5.91 Å². The Morgan fingerprint density at radius 3 is 2.43 bits per heavy atom. The van der Waals surface area contributed by atoms with Gasteiger partial charge in [0.1, 0.15) is 5.75 Å². The maximum absolute atomic E-state index is 13.3. The van der Waals surface area contributed by atoms with Gasteiger partial charge in [-0.05, 0) is 43.4 Å². The monoisotopic (exact) mass is 408 g/mol. The van der Waals surface area contributed by atoms with Gasteiger partial charge in [-0.25, -0.2) is 0 Å². The summed E-state index contributed by atoms with van der Waals surface area (Å²) in [6.07, 6.45) is 2.51. The molecule has 2 aliphatic rings. The summed E-state index contributed by atoms with van der Waals surface area (Å²) in [5, 5.41) is 0. The molecule has 0 unspecified atom stereocenters. The number of hydrogen-bond donors (Lipinski definition) is 1. The maximum atomic E-state index is 13.3. The number of nitrogens with zero attached hydrogens (tertiary/aromatic N) is 2. The number of benzene rings is 2. The van der Waals surface area contributed by atoms with Crippen molar-refractivity contribution in [1.82, 2.24) is 4.90 Å². The van der Waals surface area contributed by atoms with Crippen molar-refractivity contribution < 1.29 is 14.4 Å². The Bertz CT molecular complexity index is 829. The van der Waals surface area contributed by atoms with Gasteiger partial charge in [0.15, 0.2) is 6.54 Å². The van der Waals surface area contributed by atoms with E-state index in [9.17, 15) is 4.79 Å². The minimum absolute atomic E-state index is 0.291. The molecule has 2 aromatic rings. The van der Waals surface area contributed by atoms with Crippen molar-refractivity contribution in [3.8, 4) is 5.75 Å². The Hall–Kier alpha value is -2.53. The summed E-state index contributed by atoms with van der Waals surface area (Å²) in [4.78, 5) is 19.2. The van der Waals surface area contributed by atoms with E-state index >= 15 is 0 Å². The zero-order chi connectivity index (χ0) is 20.9. The number of anilines is 1. The van der Waals surface area contributed by atoms with Gasteiger partial charge in [-0.15, -0.1) is 0 Å². The molecule has 2 fully saturated rings. The van der Waals surface area contributed by atoms with Crippen LogP contribution in [-0.4, -0.2) is 56.7 Å². The first-order valence-corrected chi connectivity index (χ1v) is 11.2. The van der Waals surface area contributed by atoms with E-state index in [2.05, 4.69) is 53.1 Å². The number of carbonyl (C=O) groups excluding carboxylic acids is 1. The zero-order valence-electron chi connectivity index (χ0n) is 18.2. The van der Waals surface area contributed by atoms with Crippen LogP contribution >= 0.6 is 0 Å². The van der Waals surface area contributed by atoms with Gasteiger partial charge in [-0.3, -0.25) is 4.79 Å². The summed E-state index contributed by atoms with van der Waals surface area (Å²) >= 11 is 0. The third-order valence-electron chi connectivity index (χ3n) is 6.61. The summed E-state index contributed by atoms with van der Waals surface area (Å²) in [5.41, 5.74) is 2.37. The van der Waals surface area contributed by atoms with Crippen LogP contribution in [0, 0.1) is 5.92 Å². The van der Waals surface area contributed by atoms with Crippen LogP contribution in [0.1, 0.15) is 25.3 Å². The number of methoxy groups -OCH3 is 1. The van der Waals surface area contributed by atoms with Crippen LogP contribution in [0.2, 0.25) is 0 Å². The molecule has 160 valence electrons. The minimum Gasteiger partial charge on any atom is -0.495 e. The first-order valence-electron chi connectivity index (χ1n) is 11.2. The molecule has 1 atom stereocenters. The third kappa shape index (κ3) is 4.96. The number of nitrogens with one attached hydrogen (secondary N) is 1. The normalized spacial score (nSPS) is 18.1. The van der Waals surface area contributed by atoms with Crippen molar-refractivity contribution in [1.29, 1.82) is 0 Å². The van der Waals surface area contributed by atoms with Gasteiger partial charge in [0, 0.05) is 12.6 Å². The molecule has 1 amide bonds. The summed E-state index contributed by atoms with van der Waals surface area (Å²) in [6, 6.07) is 18.9. The maximum Gasteiger partial charge on any atom is 0.278 e. The average Bonchev–Trinajstić information content (AvgIpc) is 3.64. The van der Waals surface area contributed by atoms with Crippen LogP contribution in [0.5, 0.6) is 5.75 Å². The Balaban J connectivity index is 1.36. The van der Waals surface area contributed by atoms with Crippen LogP contribution in [0.25, 0.3) is 0 Å². The van der Waals surface area contributed by atoms with Crippen LogP contribution in [0.4, 0.5) is 5.69 Å². The predicted molar refractivity (Wildman–Crippen MR) is 120 cm³/mol. The molecule has 1 aliphatic heterocycles. The van der Waals surface area contributed by atoms with E-state index in [-0.39, 0.29) is 0 Å². The fraction of sp³-hybridized carbons (Fsp3) is 0.480. The molecule has 0 radical (unpaired) electrons. The molecule has 5 nitrogen and oxygen atoms in total. The van der Waals surface area contributed by atoms with Gasteiger partial charge in [-0.1, -0.05) is 42.5 Å². The SMILES string of the molecule is COc1ccccc1N1CC[NH+](CC(=O)N(Cc2ccccc2)[C@H](C)C2CC2)CC1. The largest absolute Gasteiger partial charge is 0.495 e. The zero-order valence-corrected chi connectivity index (χ0v) is 18.2. The van der Waals surface area contributed by atoms with Crippen LogP contribution in [-0.2, 0) is 11.3 Å². The van der Waals surface area contributed by atoms with Gasteiger partial charge < -0.3 is 19.4 Å². The highest BCUT2D eigenvalue weighted by molar-refractivity contribution is 5.77. The molecule has 0 bridgehead atoms. The molecular formula is C25H34N3O2+. The topological polar surface area (TPSA) is 37.2 Å². The van der Waals surface area contributed by atoms with Crippen molar-refractivity contribution >= 4 is 11.6 Å². The molecule has 1 saturated carbocycles. The molecule has 0 aromatic heterocycles. The van der Waals surface area contributed by atoms with E-state index in [1.54, 1.807) is 7.11 Å². The summed E-state index contributed by atoms with van der Waals surface area (Å²) in [6.45, 7) is 7.37. The molecule has 2 aromatic carbocycles. The quantitative estimate of drug-likeness (QED) is 0.728. The molecular weight excluding hydrogens is 374 g/mol. The van der Waals surface area contributed by atoms with Crippen molar-refractivity contribution in [2.45, 2.75) is 32.4 Å². The van der Waals surface area contributed by atoms with E-state index in [0.717, 1.165) is 44.2 Å². The molecule has 1 aliphatic carbocycles. The van der Waals surface area contributed by atoms with Crippen molar-refractivity contribution in [2.24, 2.45) is 5.92 Å². The van der Waals surface area contributed by atoms with E-state index in [1.165, 1.54) is 23.3 Å². The number of ether oxygens (including phenoxy) is 1. The number of quaternary nitrogens is 1. The molecule has 5 heteroatoms. The van der Waals surface area contributed by atoms with Crippen molar-refractivity contribution in [2.75, 3.05) is 44.7 Å². The number of carbonyl (C=O) groups is 1. The van der Waals surface area contributed by atoms with Crippen LogP contribution in [0.3, 0.4) is 0 Å². The fourth-order valence-electron chi connectivity index (χ4n) is 4.52. The van der Waals surface area contributed by atoms with Gasteiger partial charge in [0.05, 0.1) is 39.0 Å². The van der Waals surface area contributed by atoms with Crippen LogP contribution in [0.15, 0.2) is 54.6 Å². The second-order valence-electron chi connectivity index (χ2n) is 8.67. The van der Waals surface area contributed by atoms with Gasteiger partial charge in [-0.2, -0.15) is 0 Å². The third-order valence-corrected chi connectivity index (χ3v) is 6.61. The second-order valence-corrected chi connectivity index (χ2v) is 8.67. The second kappa shape index (κ2) is 9.52. The summed E-state index contributed by atoms with van der Waals surface area (Å²) in [5.74, 6) is 1.89. The minimum atomic E-state index is 0.291. The van der Waals surface area contributed by atoms with Gasteiger partial charge >= 0.3 is 0 Å². The number of rotatable bonds is 8.